The van der Waals surface area contributed by atoms with Gasteiger partial charge in [0.2, 0.25) is 0 Å². The zero-order chi connectivity index (χ0) is 20.1. The van der Waals surface area contributed by atoms with E-state index in [4.69, 9.17) is 0 Å². The van der Waals surface area contributed by atoms with E-state index in [1.165, 1.54) is 31.4 Å². The molecule has 142 valence electrons. The number of anilines is 2. The number of hydrogen-bond donors (Lipinski definition) is 2. The molecule has 2 aromatic carbocycles. The Morgan fingerprint density at radius 3 is 2.36 bits per heavy atom. The van der Waals surface area contributed by atoms with E-state index >= 15 is 0 Å². The quantitative estimate of drug-likeness (QED) is 0.491. The number of nitrogens with zero attached hydrogens (tertiary/aromatic N) is 2. The molecule has 1 heterocycles. The molecule has 10 heteroatoms. The number of aromatic nitrogens is 1. The molecular formula is C18H14N4O5S. The Balaban J connectivity index is 1.89. The molecule has 0 saturated heterocycles. The highest BCUT2D eigenvalue weighted by atomic mass is 32.1. The van der Waals surface area contributed by atoms with Crippen LogP contribution in [0.4, 0.5) is 20.6 Å². The zero-order valence-corrected chi connectivity index (χ0v) is 15.4. The van der Waals surface area contributed by atoms with Crippen molar-refractivity contribution < 1.29 is 19.2 Å². The summed E-state index contributed by atoms with van der Waals surface area (Å²) in [6.45, 7) is 0. The van der Waals surface area contributed by atoms with Crippen LogP contribution in [-0.4, -0.2) is 29.0 Å². The van der Waals surface area contributed by atoms with Crippen molar-refractivity contribution in [3.05, 3.63) is 70.3 Å². The lowest BCUT2D eigenvalue weighted by Crippen LogP contribution is -2.11. The molecule has 0 unspecified atom stereocenters. The summed E-state index contributed by atoms with van der Waals surface area (Å²) >= 11 is 1.07. The highest BCUT2D eigenvalue weighted by Gasteiger charge is 2.18. The van der Waals surface area contributed by atoms with Crippen LogP contribution in [0.3, 0.4) is 0 Å². The third kappa shape index (κ3) is 4.30. The highest BCUT2D eigenvalue weighted by Crippen LogP contribution is 2.36. The second-order valence-corrected chi connectivity index (χ2v) is 6.44. The van der Waals surface area contributed by atoms with Gasteiger partial charge in [0.25, 0.3) is 11.6 Å². The summed E-state index contributed by atoms with van der Waals surface area (Å²) in [7, 11) is 1.23. The first-order valence-electron chi connectivity index (χ1n) is 7.95. The summed E-state index contributed by atoms with van der Waals surface area (Å²) in [5.41, 5.74) is 1.37. The van der Waals surface area contributed by atoms with Gasteiger partial charge in [-0.25, -0.2) is 9.78 Å². The van der Waals surface area contributed by atoms with E-state index in [1.54, 1.807) is 0 Å². The van der Waals surface area contributed by atoms with E-state index in [-0.39, 0.29) is 16.4 Å². The fourth-order valence-corrected chi connectivity index (χ4v) is 3.17. The number of ether oxygens (including phenoxy) is 1. The normalized spacial score (nSPS) is 10.2. The number of amides is 2. The van der Waals surface area contributed by atoms with Crippen LogP contribution in [0, 0.1) is 10.1 Å². The molecule has 0 aliphatic carbocycles. The molecule has 0 atom stereocenters. The lowest BCUT2D eigenvalue weighted by molar-refractivity contribution is -0.384. The van der Waals surface area contributed by atoms with Crippen molar-refractivity contribution >= 4 is 39.2 Å². The third-order valence-corrected chi connectivity index (χ3v) is 4.52. The average molecular weight is 398 g/mol. The van der Waals surface area contributed by atoms with Crippen LogP contribution in [0.25, 0.3) is 11.3 Å². The molecule has 2 N–H and O–H groups in total. The Bertz CT molecular complexity index is 1020. The summed E-state index contributed by atoms with van der Waals surface area (Å²) in [6, 6.07) is 14.4. The summed E-state index contributed by atoms with van der Waals surface area (Å²) in [4.78, 5) is 38.6. The number of nitro benzene ring substituents is 1. The van der Waals surface area contributed by atoms with Crippen LogP contribution in [0.15, 0.2) is 54.6 Å². The predicted molar refractivity (Wildman–Crippen MR) is 105 cm³/mol. The summed E-state index contributed by atoms with van der Waals surface area (Å²) < 4.78 is 4.56. The Morgan fingerprint density at radius 1 is 1.07 bits per heavy atom. The Morgan fingerprint density at radius 2 is 1.75 bits per heavy atom. The van der Waals surface area contributed by atoms with Gasteiger partial charge in [0.05, 0.1) is 12.0 Å². The number of nitrogens with one attached hydrogen (secondary N) is 2. The van der Waals surface area contributed by atoms with Crippen LogP contribution in [-0.2, 0) is 4.74 Å². The number of nitro groups is 1. The molecule has 0 spiro atoms. The Kier molecular flexibility index (Phi) is 5.61. The molecule has 3 aromatic rings. The number of hydrogen-bond acceptors (Lipinski definition) is 7. The number of non-ortho nitro benzene ring substituents is 1. The average Bonchev–Trinajstić information content (AvgIpc) is 3.10. The van der Waals surface area contributed by atoms with E-state index in [9.17, 15) is 19.7 Å². The smallest absolute Gasteiger partial charge is 0.413 e. The lowest BCUT2D eigenvalue weighted by atomic mass is 10.1. The lowest BCUT2D eigenvalue weighted by Gasteiger charge is -2.05. The van der Waals surface area contributed by atoms with Gasteiger partial charge < -0.3 is 10.1 Å². The first-order valence-corrected chi connectivity index (χ1v) is 8.76. The van der Waals surface area contributed by atoms with Crippen LogP contribution in [0.1, 0.15) is 10.4 Å². The van der Waals surface area contributed by atoms with Crippen LogP contribution in [0.2, 0.25) is 0 Å². The molecular weight excluding hydrogens is 384 g/mol. The van der Waals surface area contributed by atoms with E-state index in [0.717, 1.165) is 16.9 Å². The van der Waals surface area contributed by atoms with Crippen molar-refractivity contribution in [3.8, 4) is 11.3 Å². The highest BCUT2D eigenvalue weighted by molar-refractivity contribution is 7.20. The second-order valence-electron chi connectivity index (χ2n) is 5.44. The molecule has 0 radical (unpaired) electrons. The maximum atomic E-state index is 12.6. The van der Waals surface area contributed by atoms with Crippen molar-refractivity contribution in [3.63, 3.8) is 0 Å². The number of carbonyl (C=O) groups excluding carboxylic acids is 2. The molecule has 0 bridgehead atoms. The topological polar surface area (TPSA) is 123 Å². The van der Waals surface area contributed by atoms with Crippen LogP contribution >= 0.6 is 11.3 Å². The fraction of sp³-hybridized carbons (Fsp3) is 0.0556. The van der Waals surface area contributed by atoms with Gasteiger partial charge in [-0.3, -0.25) is 20.2 Å². The first-order chi connectivity index (χ1) is 13.5. The van der Waals surface area contributed by atoms with Gasteiger partial charge in [-0.1, -0.05) is 41.7 Å². The minimum atomic E-state index is -0.679. The van der Waals surface area contributed by atoms with Crippen molar-refractivity contribution in [1.29, 1.82) is 0 Å². The van der Waals surface area contributed by atoms with Crippen molar-refractivity contribution in [2.75, 3.05) is 17.7 Å². The predicted octanol–water partition coefficient (Wildman–Crippen LogP) is 4.15. The number of rotatable bonds is 5. The molecule has 0 fully saturated rings. The summed E-state index contributed by atoms with van der Waals surface area (Å²) in [5, 5.41) is 16.6. The molecule has 0 aliphatic heterocycles. The third-order valence-electron chi connectivity index (χ3n) is 3.64. The van der Waals surface area contributed by atoms with Gasteiger partial charge >= 0.3 is 6.09 Å². The molecule has 9 nitrogen and oxygen atoms in total. The van der Waals surface area contributed by atoms with Gasteiger partial charge in [0, 0.05) is 23.3 Å². The number of thiazole rings is 1. The maximum Gasteiger partial charge on any atom is 0.413 e. The second kappa shape index (κ2) is 8.27. The fourth-order valence-electron chi connectivity index (χ4n) is 2.30. The number of methoxy groups -OCH3 is 1. The molecule has 3 rings (SSSR count). The number of benzene rings is 2. The van der Waals surface area contributed by atoms with E-state index in [2.05, 4.69) is 20.4 Å². The van der Waals surface area contributed by atoms with Gasteiger partial charge in [-0.05, 0) is 12.1 Å². The standard InChI is InChI=1S/C18H14N4O5S/c1-27-18(24)21-17-19-14(11-5-3-2-4-6-11)16(28-17)20-15(23)12-7-9-13(10-8-12)22(25)26/h2-10H,1H3,(H,20,23)(H,19,21,24). The number of carbonyl (C=O) groups is 2. The SMILES string of the molecule is COC(=O)Nc1nc(-c2ccccc2)c(NC(=O)c2ccc([N+](=O)[O-])cc2)s1. The largest absolute Gasteiger partial charge is 0.453 e. The van der Waals surface area contributed by atoms with Crippen LogP contribution in [0.5, 0.6) is 0 Å². The minimum Gasteiger partial charge on any atom is -0.453 e. The van der Waals surface area contributed by atoms with E-state index in [1.807, 2.05) is 30.3 Å². The van der Waals surface area contributed by atoms with E-state index < -0.39 is 16.9 Å². The molecule has 2 amide bonds. The first kappa shape index (κ1) is 19.0. The summed E-state index contributed by atoms with van der Waals surface area (Å²) in [5.74, 6) is -0.458. The van der Waals surface area contributed by atoms with E-state index in [0.29, 0.717) is 10.7 Å². The van der Waals surface area contributed by atoms with Crippen molar-refractivity contribution in [2.45, 2.75) is 0 Å². The van der Waals surface area contributed by atoms with Gasteiger partial charge in [0.1, 0.15) is 10.7 Å². The van der Waals surface area contributed by atoms with Gasteiger partial charge in [-0.15, -0.1) is 0 Å². The van der Waals surface area contributed by atoms with Gasteiger partial charge in [0.15, 0.2) is 5.13 Å². The molecule has 1 aromatic heterocycles. The zero-order valence-electron chi connectivity index (χ0n) is 14.5. The molecule has 0 saturated carbocycles. The minimum absolute atomic E-state index is 0.108. The summed E-state index contributed by atoms with van der Waals surface area (Å²) in [6.07, 6.45) is -0.679. The Hall–Kier alpha value is -3.79. The molecule has 0 aliphatic rings. The maximum absolute atomic E-state index is 12.6. The van der Waals surface area contributed by atoms with Crippen LogP contribution < -0.4 is 10.6 Å². The van der Waals surface area contributed by atoms with Crippen molar-refractivity contribution in [2.24, 2.45) is 0 Å². The monoisotopic (exact) mass is 398 g/mol. The molecule has 28 heavy (non-hydrogen) atoms. The van der Waals surface area contributed by atoms with Crippen molar-refractivity contribution in [1.82, 2.24) is 4.98 Å². The Labute approximate surface area is 163 Å². The van der Waals surface area contributed by atoms with Gasteiger partial charge in [-0.2, -0.15) is 0 Å².